The fraction of sp³-hybridized carbons (Fsp3) is 0.471. The Hall–Kier alpha value is -1.61. The molecular formula is C17H23N3. The highest BCUT2D eigenvalue weighted by atomic mass is 15.1. The van der Waals surface area contributed by atoms with Gasteiger partial charge < -0.3 is 5.32 Å². The Bertz CT molecular complexity index is 516. The minimum Gasteiger partial charge on any atom is -0.310 e. The first-order valence-electron chi connectivity index (χ1n) is 7.69. The van der Waals surface area contributed by atoms with Gasteiger partial charge in [-0.1, -0.05) is 44.0 Å². The van der Waals surface area contributed by atoms with Crippen LogP contribution in [0.3, 0.4) is 0 Å². The predicted molar refractivity (Wildman–Crippen MR) is 82.3 cm³/mol. The topological polar surface area (TPSA) is 40.7 Å². The van der Waals surface area contributed by atoms with Crippen molar-refractivity contribution in [1.82, 2.24) is 15.5 Å². The SMILES string of the molecule is CCC1CCCC1NCc1ccc(-c2ccn[nH]2)cc1. The molecule has 0 amide bonds. The van der Waals surface area contributed by atoms with Crippen LogP contribution in [0.4, 0.5) is 0 Å². The van der Waals surface area contributed by atoms with E-state index in [9.17, 15) is 0 Å². The van der Waals surface area contributed by atoms with E-state index in [1.54, 1.807) is 6.20 Å². The third-order valence-corrected chi connectivity index (χ3v) is 4.52. The van der Waals surface area contributed by atoms with Crippen molar-refractivity contribution >= 4 is 0 Å². The van der Waals surface area contributed by atoms with E-state index in [4.69, 9.17) is 0 Å². The van der Waals surface area contributed by atoms with E-state index in [1.165, 1.54) is 36.8 Å². The number of nitrogens with zero attached hydrogens (tertiary/aromatic N) is 1. The molecule has 0 bridgehead atoms. The van der Waals surface area contributed by atoms with Crippen molar-refractivity contribution in [3.05, 3.63) is 42.1 Å². The van der Waals surface area contributed by atoms with Crippen LogP contribution in [0.25, 0.3) is 11.3 Å². The van der Waals surface area contributed by atoms with Gasteiger partial charge in [-0.2, -0.15) is 5.10 Å². The first kappa shape index (κ1) is 13.4. The van der Waals surface area contributed by atoms with Gasteiger partial charge in [-0.3, -0.25) is 5.10 Å². The third-order valence-electron chi connectivity index (χ3n) is 4.52. The van der Waals surface area contributed by atoms with Crippen molar-refractivity contribution in [3.63, 3.8) is 0 Å². The summed E-state index contributed by atoms with van der Waals surface area (Å²) in [5, 5.41) is 10.7. The summed E-state index contributed by atoms with van der Waals surface area (Å²) < 4.78 is 0. The maximum Gasteiger partial charge on any atom is 0.0650 e. The van der Waals surface area contributed by atoms with E-state index in [0.717, 1.165) is 18.2 Å². The molecule has 0 spiro atoms. The zero-order valence-electron chi connectivity index (χ0n) is 12.1. The van der Waals surface area contributed by atoms with Crippen LogP contribution in [-0.2, 0) is 6.54 Å². The van der Waals surface area contributed by atoms with Crippen LogP contribution in [0.5, 0.6) is 0 Å². The van der Waals surface area contributed by atoms with Gasteiger partial charge in [0.2, 0.25) is 0 Å². The molecule has 2 atom stereocenters. The van der Waals surface area contributed by atoms with Crippen LogP contribution in [0.2, 0.25) is 0 Å². The molecule has 2 aromatic rings. The zero-order valence-corrected chi connectivity index (χ0v) is 12.1. The van der Waals surface area contributed by atoms with Crippen molar-refractivity contribution in [2.24, 2.45) is 5.92 Å². The second-order valence-corrected chi connectivity index (χ2v) is 5.75. The largest absolute Gasteiger partial charge is 0.310 e. The Kier molecular flexibility index (Phi) is 4.16. The van der Waals surface area contributed by atoms with E-state index < -0.39 is 0 Å². The third kappa shape index (κ3) is 2.93. The van der Waals surface area contributed by atoms with Crippen LogP contribution in [0, 0.1) is 5.92 Å². The lowest BCUT2D eigenvalue weighted by molar-refractivity contribution is 0.389. The number of benzene rings is 1. The second-order valence-electron chi connectivity index (χ2n) is 5.75. The fourth-order valence-corrected chi connectivity index (χ4v) is 3.26. The molecule has 1 aliphatic rings. The normalized spacial score (nSPS) is 22.2. The fourth-order valence-electron chi connectivity index (χ4n) is 3.26. The van der Waals surface area contributed by atoms with Gasteiger partial charge in [-0.15, -0.1) is 0 Å². The standard InChI is InChI=1S/C17H23N3/c1-2-14-4-3-5-16(14)18-12-13-6-8-15(9-7-13)17-10-11-19-20-17/h6-11,14,16,18H,2-5,12H2,1H3,(H,19,20). The zero-order chi connectivity index (χ0) is 13.8. The summed E-state index contributed by atoms with van der Waals surface area (Å²) in [5.74, 6) is 0.874. The summed E-state index contributed by atoms with van der Waals surface area (Å²) >= 11 is 0. The van der Waals surface area contributed by atoms with E-state index in [2.05, 4.69) is 46.7 Å². The Labute approximate surface area is 120 Å². The average molecular weight is 269 g/mol. The molecule has 0 aliphatic heterocycles. The van der Waals surface area contributed by atoms with E-state index in [0.29, 0.717) is 6.04 Å². The summed E-state index contributed by atoms with van der Waals surface area (Å²) in [7, 11) is 0. The molecule has 3 heteroatoms. The summed E-state index contributed by atoms with van der Waals surface area (Å²) in [6.07, 6.45) is 7.21. The molecule has 1 aromatic heterocycles. The van der Waals surface area contributed by atoms with Crippen LogP contribution in [-0.4, -0.2) is 16.2 Å². The molecule has 3 nitrogen and oxygen atoms in total. The Morgan fingerprint density at radius 1 is 1.20 bits per heavy atom. The van der Waals surface area contributed by atoms with Crippen molar-refractivity contribution in [2.75, 3.05) is 0 Å². The highest BCUT2D eigenvalue weighted by molar-refractivity contribution is 5.58. The van der Waals surface area contributed by atoms with Gasteiger partial charge in [0, 0.05) is 18.8 Å². The number of hydrogen-bond acceptors (Lipinski definition) is 2. The van der Waals surface area contributed by atoms with Crippen LogP contribution < -0.4 is 5.32 Å². The number of nitrogens with one attached hydrogen (secondary N) is 2. The van der Waals surface area contributed by atoms with Gasteiger partial charge in [0.1, 0.15) is 0 Å². The lowest BCUT2D eigenvalue weighted by atomic mass is 10.0. The van der Waals surface area contributed by atoms with Crippen molar-refractivity contribution in [2.45, 2.75) is 45.2 Å². The van der Waals surface area contributed by atoms with Crippen LogP contribution >= 0.6 is 0 Å². The lowest BCUT2D eigenvalue weighted by Gasteiger charge is -2.19. The summed E-state index contributed by atoms with van der Waals surface area (Å²) in [6, 6.07) is 11.5. The highest BCUT2D eigenvalue weighted by Gasteiger charge is 2.24. The summed E-state index contributed by atoms with van der Waals surface area (Å²) in [5.41, 5.74) is 3.62. The van der Waals surface area contributed by atoms with Gasteiger partial charge in [-0.05, 0) is 36.0 Å². The Morgan fingerprint density at radius 3 is 2.75 bits per heavy atom. The summed E-state index contributed by atoms with van der Waals surface area (Å²) in [6.45, 7) is 3.29. The average Bonchev–Trinajstić information content (AvgIpc) is 3.16. The van der Waals surface area contributed by atoms with Crippen molar-refractivity contribution < 1.29 is 0 Å². The Morgan fingerprint density at radius 2 is 2.05 bits per heavy atom. The molecular weight excluding hydrogens is 246 g/mol. The maximum absolute atomic E-state index is 3.99. The molecule has 106 valence electrons. The number of aromatic amines is 1. The molecule has 1 saturated carbocycles. The molecule has 1 fully saturated rings. The van der Waals surface area contributed by atoms with E-state index in [1.807, 2.05) is 6.07 Å². The second kappa shape index (κ2) is 6.23. The number of hydrogen-bond donors (Lipinski definition) is 2. The molecule has 2 N–H and O–H groups in total. The molecule has 0 saturated heterocycles. The van der Waals surface area contributed by atoms with Crippen molar-refractivity contribution in [1.29, 1.82) is 0 Å². The van der Waals surface area contributed by atoms with Crippen molar-refractivity contribution in [3.8, 4) is 11.3 Å². The van der Waals surface area contributed by atoms with Crippen LogP contribution in [0.1, 0.15) is 38.2 Å². The minimum absolute atomic E-state index is 0.715. The van der Waals surface area contributed by atoms with Gasteiger partial charge in [0.05, 0.1) is 5.69 Å². The molecule has 3 rings (SSSR count). The Balaban J connectivity index is 1.58. The lowest BCUT2D eigenvalue weighted by Crippen LogP contribution is -2.31. The monoisotopic (exact) mass is 269 g/mol. The first-order valence-corrected chi connectivity index (χ1v) is 7.69. The minimum atomic E-state index is 0.715. The number of aromatic nitrogens is 2. The number of H-pyrrole nitrogens is 1. The molecule has 1 heterocycles. The quantitative estimate of drug-likeness (QED) is 0.868. The smallest absolute Gasteiger partial charge is 0.0650 e. The molecule has 0 radical (unpaired) electrons. The van der Waals surface area contributed by atoms with Gasteiger partial charge >= 0.3 is 0 Å². The predicted octanol–water partition coefficient (Wildman–Crippen LogP) is 3.75. The summed E-state index contributed by atoms with van der Waals surface area (Å²) in [4.78, 5) is 0. The molecule has 1 aliphatic carbocycles. The molecule has 1 aromatic carbocycles. The molecule has 20 heavy (non-hydrogen) atoms. The maximum atomic E-state index is 3.99. The van der Waals surface area contributed by atoms with Gasteiger partial charge in [0.25, 0.3) is 0 Å². The highest BCUT2D eigenvalue weighted by Crippen LogP contribution is 2.28. The van der Waals surface area contributed by atoms with E-state index in [-0.39, 0.29) is 0 Å². The number of rotatable bonds is 5. The first-order chi connectivity index (χ1) is 9.86. The van der Waals surface area contributed by atoms with Gasteiger partial charge in [0.15, 0.2) is 0 Å². The van der Waals surface area contributed by atoms with Crippen LogP contribution in [0.15, 0.2) is 36.5 Å². The molecule has 2 unspecified atom stereocenters. The van der Waals surface area contributed by atoms with Gasteiger partial charge in [-0.25, -0.2) is 0 Å². The van der Waals surface area contributed by atoms with E-state index >= 15 is 0 Å².